The molecule has 13 heavy (non-hydrogen) atoms. The molecule has 0 unspecified atom stereocenters. The van der Waals surface area contributed by atoms with Crippen molar-refractivity contribution in [1.29, 1.82) is 0 Å². The van der Waals surface area contributed by atoms with Crippen LogP contribution < -0.4 is 5.06 Å². The van der Waals surface area contributed by atoms with Crippen LogP contribution in [0.15, 0.2) is 24.3 Å². The largest absolute Gasteiger partial charge is 0.274 e. The van der Waals surface area contributed by atoms with Gasteiger partial charge in [-0.25, -0.2) is 0 Å². The topological polar surface area (TPSA) is 12.5 Å². The first kappa shape index (κ1) is 10.1. The molecule has 72 valence electrons. The molecule has 1 rings (SSSR count). The van der Waals surface area contributed by atoms with Crippen molar-refractivity contribution in [1.82, 2.24) is 0 Å². The van der Waals surface area contributed by atoms with E-state index in [1.807, 2.05) is 18.1 Å². The molecule has 1 aromatic rings. The van der Waals surface area contributed by atoms with Crippen molar-refractivity contribution >= 4 is 5.69 Å². The quantitative estimate of drug-likeness (QED) is 0.659. The summed E-state index contributed by atoms with van der Waals surface area (Å²) in [5.74, 6) is 0. The maximum absolute atomic E-state index is 5.47. The van der Waals surface area contributed by atoms with Gasteiger partial charge in [0, 0.05) is 6.54 Å². The minimum Gasteiger partial charge on any atom is -0.274 e. The highest BCUT2D eigenvalue weighted by atomic mass is 16.7. The van der Waals surface area contributed by atoms with Crippen LogP contribution in [0.4, 0.5) is 5.69 Å². The van der Waals surface area contributed by atoms with Crippen LogP contribution in [0.2, 0.25) is 0 Å². The van der Waals surface area contributed by atoms with Crippen molar-refractivity contribution in [3.63, 3.8) is 0 Å². The van der Waals surface area contributed by atoms with Gasteiger partial charge >= 0.3 is 0 Å². The SMILES string of the molecule is CCON(CC)c1cccc(C)c1. The molecule has 0 saturated heterocycles. The average Bonchev–Trinajstić information content (AvgIpc) is 2.14. The van der Waals surface area contributed by atoms with Crippen LogP contribution in [0.1, 0.15) is 19.4 Å². The Bertz CT molecular complexity index is 260. The first-order valence-electron chi connectivity index (χ1n) is 4.75. The molecule has 1 aromatic carbocycles. The minimum atomic E-state index is 0.710. The lowest BCUT2D eigenvalue weighted by Crippen LogP contribution is -2.22. The Hall–Kier alpha value is -1.02. The lowest BCUT2D eigenvalue weighted by Gasteiger charge is -2.21. The fourth-order valence-corrected chi connectivity index (χ4v) is 1.29. The van der Waals surface area contributed by atoms with E-state index in [0.29, 0.717) is 6.61 Å². The lowest BCUT2D eigenvalue weighted by atomic mass is 10.2. The predicted molar refractivity (Wildman–Crippen MR) is 55.8 cm³/mol. The van der Waals surface area contributed by atoms with Gasteiger partial charge < -0.3 is 0 Å². The van der Waals surface area contributed by atoms with Crippen molar-refractivity contribution in [3.8, 4) is 0 Å². The van der Waals surface area contributed by atoms with Gasteiger partial charge in [0.25, 0.3) is 0 Å². The minimum absolute atomic E-state index is 0.710. The Balaban J connectivity index is 2.78. The van der Waals surface area contributed by atoms with Crippen LogP contribution in [0.3, 0.4) is 0 Å². The van der Waals surface area contributed by atoms with E-state index < -0.39 is 0 Å². The molecule has 2 nitrogen and oxygen atoms in total. The maximum Gasteiger partial charge on any atom is 0.0720 e. The van der Waals surface area contributed by atoms with Crippen molar-refractivity contribution < 1.29 is 4.84 Å². The smallest absolute Gasteiger partial charge is 0.0720 e. The number of hydrogen-bond acceptors (Lipinski definition) is 2. The average molecular weight is 179 g/mol. The van der Waals surface area contributed by atoms with Gasteiger partial charge in [-0.15, -0.1) is 0 Å². The van der Waals surface area contributed by atoms with Gasteiger partial charge in [0.1, 0.15) is 0 Å². The van der Waals surface area contributed by atoms with Crippen molar-refractivity contribution in [2.24, 2.45) is 0 Å². The fraction of sp³-hybridized carbons (Fsp3) is 0.455. The molecule has 0 fully saturated rings. The molecule has 0 aliphatic heterocycles. The normalized spacial score (nSPS) is 10.1. The van der Waals surface area contributed by atoms with E-state index >= 15 is 0 Å². The molecule has 0 amide bonds. The van der Waals surface area contributed by atoms with Crippen LogP contribution in [-0.4, -0.2) is 13.2 Å². The van der Waals surface area contributed by atoms with Crippen LogP contribution >= 0.6 is 0 Å². The van der Waals surface area contributed by atoms with Gasteiger partial charge in [-0.3, -0.25) is 9.90 Å². The molecule has 2 heteroatoms. The van der Waals surface area contributed by atoms with E-state index in [4.69, 9.17) is 4.84 Å². The third kappa shape index (κ3) is 2.74. The monoisotopic (exact) mass is 179 g/mol. The maximum atomic E-state index is 5.47. The summed E-state index contributed by atoms with van der Waals surface area (Å²) in [5, 5.41) is 1.91. The molecular weight excluding hydrogens is 162 g/mol. The zero-order chi connectivity index (χ0) is 9.68. The summed E-state index contributed by atoms with van der Waals surface area (Å²) >= 11 is 0. The number of nitrogens with zero attached hydrogens (tertiary/aromatic N) is 1. The first-order chi connectivity index (χ1) is 6.27. The van der Waals surface area contributed by atoms with Gasteiger partial charge in [0.05, 0.1) is 12.3 Å². The number of hydroxylamine groups is 1. The van der Waals surface area contributed by atoms with Gasteiger partial charge in [-0.2, -0.15) is 0 Å². The highest BCUT2D eigenvalue weighted by Crippen LogP contribution is 2.15. The summed E-state index contributed by atoms with van der Waals surface area (Å²) in [6, 6.07) is 8.32. The van der Waals surface area contributed by atoms with Crippen molar-refractivity contribution in [2.45, 2.75) is 20.8 Å². The second-order valence-corrected chi connectivity index (χ2v) is 2.95. The van der Waals surface area contributed by atoms with E-state index in [0.717, 1.165) is 12.2 Å². The third-order valence-corrected chi connectivity index (χ3v) is 1.86. The molecule has 0 radical (unpaired) electrons. The van der Waals surface area contributed by atoms with E-state index in [-0.39, 0.29) is 0 Å². The van der Waals surface area contributed by atoms with Gasteiger partial charge in [-0.05, 0) is 38.5 Å². The van der Waals surface area contributed by atoms with Crippen LogP contribution in [-0.2, 0) is 4.84 Å². The highest BCUT2D eigenvalue weighted by molar-refractivity contribution is 5.45. The first-order valence-corrected chi connectivity index (χ1v) is 4.75. The lowest BCUT2D eigenvalue weighted by molar-refractivity contribution is 0.123. The van der Waals surface area contributed by atoms with Crippen molar-refractivity contribution in [3.05, 3.63) is 29.8 Å². The Morgan fingerprint density at radius 2 is 2.08 bits per heavy atom. The van der Waals surface area contributed by atoms with Gasteiger partial charge in [-0.1, -0.05) is 12.1 Å². The van der Waals surface area contributed by atoms with Crippen molar-refractivity contribution in [2.75, 3.05) is 18.2 Å². The summed E-state index contributed by atoms with van der Waals surface area (Å²) in [6.45, 7) is 7.75. The third-order valence-electron chi connectivity index (χ3n) is 1.86. The summed E-state index contributed by atoms with van der Waals surface area (Å²) in [5.41, 5.74) is 2.39. The molecule has 0 aliphatic carbocycles. The Morgan fingerprint density at radius 3 is 2.62 bits per heavy atom. The molecule has 0 atom stereocenters. The second kappa shape index (κ2) is 4.87. The molecule has 0 spiro atoms. The molecule has 0 aliphatic rings. The Kier molecular flexibility index (Phi) is 3.77. The summed E-state index contributed by atoms with van der Waals surface area (Å²) < 4.78 is 0. The summed E-state index contributed by atoms with van der Waals surface area (Å²) in [4.78, 5) is 5.47. The van der Waals surface area contributed by atoms with E-state index in [2.05, 4.69) is 32.0 Å². The highest BCUT2D eigenvalue weighted by Gasteiger charge is 2.02. The molecular formula is C11H17NO. The van der Waals surface area contributed by atoms with Gasteiger partial charge in [0.15, 0.2) is 0 Å². The van der Waals surface area contributed by atoms with E-state index in [1.165, 1.54) is 5.56 Å². The number of hydrogen-bond donors (Lipinski definition) is 0. The number of benzene rings is 1. The molecule has 0 saturated carbocycles. The number of aryl methyl sites for hydroxylation is 1. The standard InChI is InChI=1S/C11H17NO/c1-4-12(13-5-2)11-8-6-7-10(3)9-11/h6-9H,4-5H2,1-3H3. The Labute approximate surface area is 80.1 Å². The molecule has 0 heterocycles. The molecule has 0 N–H and O–H groups in total. The van der Waals surface area contributed by atoms with E-state index in [1.54, 1.807) is 0 Å². The zero-order valence-corrected chi connectivity index (χ0v) is 8.58. The van der Waals surface area contributed by atoms with Crippen LogP contribution in [0.25, 0.3) is 0 Å². The second-order valence-electron chi connectivity index (χ2n) is 2.95. The van der Waals surface area contributed by atoms with Crippen LogP contribution in [0.5, 0.6) is 0 Å². The Morgan fingerprint density at radius 1 is 1.31 bits per heavy atom. The zero-order valence-electron chi connectivity index (χ0n) is 8.58. The van der Waals surface area contributed by atoms with E-state index in [9.17, 15) is 0 Å². The molecule has 0 aromatic heterocycles. The van der Waals surface area contributed by atoms with Crippen LogP contribution in [0, 0.1) is 6.92 Å². The summed E-state index contributed by atoms with van der Waals surface area (Å²) in [6.07, 6.45) is 0. The number of rotatable bonds is 4. The molecule has 0 bridgehead atoms. The fourth-order valence-electron chi connectivity index (χ4n) is 1.29. The predicted octanol–water partition coefficient (Wildman–Crippen LogP) is 2.77. The van der Waals surface area contributed by atoms with Gasteiger partial charge in [0.2, 0.25) is 0 Å². The number of anilines is 1. The summed E-state index contributed by atoms with van der Waals surface area (Å²) in [7, 11) is 0.